The fraction of sp³-hybridized carbons (Fsp3) is 0.118. The van der Waals surface area contributed by atoms with Gasteiger partial charge in [-0.3, -0.25) is 0 Å². The fourth-order valence-electron chi connectivity index (χ4n) is 12.5. The molecule has 2 atom stereocenters. The maximum absolute atomic E-state index is 2.59. The van der Waals surface area contributed by atoms with Gasteiger partial charge < -0.3 is 9.80 Å². The van der Waals surface area contributed by atoms with E-state index >= 15 is 0 Å². The van der Waals surface area contributed by atoms with Crippen LogP contribution in [0.2, 0.25) is 0 Å². The number of nitrogens with zero attached hydrogens (tertiary/aromatic N) is 2. The Labute approximate surface area is 410 Å². The van der Waals surface area contributed by atoms with Gasteiger partial charge in [0.15, 0.2) is 0 Å². The zero-order valence-corrected chi connectivity index (χ0v) is 39.2. The average Bonchev–Trinajstić information content (AvgIpc) is 3.70. The molecule has 0 saturated carbocycles. The van der Waals surface area contributed by atoms with E-state index in [2.05, 4.69) is 240 Å². The van der Waals surface area contributed by atoms with Gasteiger partial charge in [0.05, 0.1) is 0 Å². The first-order valence-electron chi connectivity index (χ1n) is 25.3. The summed E-state index contributed by atoms with van der Waals surface area (Å²) in [6.45, 7) is 0. The molecule has 2 nitrogen and oxygen atoms in total. The van der Waals surface area contributed by atoms with Gasteiger partial charge in [-0.2, -0.15) is 0 Å². The van der Waals surface area contributed by atoms with Gasteiger partial charge in [-0.1, -0.05) is 176 Å². The molecule has 9 aromatic carbocycles. The van der Waals surface area contributed by atoms with Gasteiger partial charge in [0.25, 0.3) is 0 Å². The van der Waals surface area contributed by atoms with E-state index < -0.39 is 0 Å². The number of benzene rings is 9. The number of para-hydroxylation sites is 3. The first-order chi connectivity index (χ1) is 34.7. The van der Waals surface area contributed by atoms with Gasteiger partial charge >= 0.3 is 0 Å². The zero-order chi connectivity index (χ0) is 46.1. The smallest absolute Gasteiger partial charge is 0.0493 e. The van der Waals surface area contributed by atoms with E-state index in [0.717, 1.165) is 38.5 Å². The summed E-state index contributed by atoms with van der Waals surface area (Å²) in [5.41, 5.74) is 20.8. The van der Waals surface area contributed by atoms with E-state index in [-0.39, 0.29) is 11.8 Å². The van der Waals surface area contributed by atoms with E-state index in [0.29, 0.717) is 0 Å². The van der Waals surface area contributed by atoms with Crippen molar-refractivity contribution in [2.75, 3.05) is 9.80 Å². The van der Waals surface area contributed by atoms with Crippen LogP contribution in [0, 0.1) is 11.8 Å². The maximum atomic E-state index is 2.59. The number of aryl methyl sites for hydroxylation is 3. The second kappa shape index (κ2) is 16.8. The maximum Gasteiger partial charge on any atom is 0.0493 e. The molecule has 0 saturated heterocycles. The molecule has 0 radical (unpaired) electrons. The third kappa shape index (κ3) is 6.69. The van der Waals surface area contributed by atoms with E-state index in [4.69, 9.17) is 0 Å². The van der Waals surface area contributed by atoms with Crippen molar-refractivity contribution in [2.24, 2.45) is 11.8 Å². The highest BCUT2D eigenvalue weighted by atomic mass is 15.2. The second-order valence-corrected chi connectivity index (χ2v) is 19.7. The average molecular weight is 897 g/mol. The summed E-state index contributed by atoms with van der Waals surface area (Å²) in [4.78, 5) is 5.12. The van der Waals surface area contributed by atoms with Crippen molar-refractivity contribution in [1.29, 1.82) is 0 Å². The lowest BCUT2D eigenvalue weighted by Gasteiger charge is -2.32. The summed E-state index contributed by atoms with van der Waals surface area (Å²) in [6, 6.07) is 66.9. The monoisotopic (exact) mass is 896 g/mol. The van der Waals surface area contributed by atoms with Crippen molar-refractivity contribution in [3.8, 4) is 22.3 Å². The van der Waals surface area contributed by atoms with Gasteiger partial charge in [0, 0.05) is 46.0 Å². The normalized spacial score (nSPS) is 18.0. The fourth-order valence-corrected chi connectivity index (χ4v) is 12.5. The Morgan fingerprint density at radius 1 is 0.414 bits per heavy atom. The predicted molar refractivity (Wildman–Crippen MR) is 297 cm³/mol. The first kappa shape index (κ1) is 40.8. The summed E-state index contributed by atoms with van der Waals surface area (Å²) in [6.07, 6.45) is 27.5. The summed E-state index contributed by atoms with van der Waals surface area (Å²) in [7, 11) is 0. The van der Waals surface area contributed by atoms with Gasteiger partial charge in [-0.25, -0.2) is 0 Å². The van der Waals surface area contributed by atoms with Crippen LogP contribution >= 0.6 is 0 Å². The van der Waals surface area contributed by atoms with Crippen molar-refractivity contribution in [3.05, 3.63) is 264 Å². The van der Waals surface area contributed by atoms with Gasteiger partial charge in [0.2, 0.25) is 0 Å². The molecule has 0 N–H and O–H groups in total. The van der Waals surface area contributed by atoms with E-state index in [1.165, 1.54) is 117 Å². The van der Waals surface area contributed by atoms with Crippen LogP contribution in [0.15, 0.2) is 242 Å². The molecule has 0 bridgehead atoms. The molecular formula is C68H52N2. The highest BCUT2D eigenvalue weighted by molar-refractivity contribution is 6.22. The van der Waals surface area contributed by atoms with Crippen LogP contribution in [-0.4, -0.2) is 0 Å². The minimum atomic E-state index is 0.208. The molecule has 9 aromatic rings. The van der Waals surface area contributed by atoms with Crippen LogP contribution in [0.4, 0.5) is 28.4 Å². The Bertz CT molecular complexity index is 3770. The zero-order valence-electron chi connectivity index (χ0n) is 39.2. The van der Waals surface area contributed by atoms with Crippen LogP contribution in [-0.2, 0) is 19.3 Å². The predicted octanol–water partition coefficient (Wildman–Crippen LogP) is 18.0. The summed E-state index contributed by atoms with van der Waals surface area (Å²) < 4.78 is 0. The molecular weight excluding hydrogens is 845 g/mol. The van der Waals surface area contributed by atoms with Crippen LogP contribution in [0.3, 0.4) is 0 Å². The molecule has 2 aliphatic heterocycles. The summed E-state index contributed by atoms with van der Waals surface area (Å²) in [5, 5.41) is 7.55. The van der Waals surface area contributed by atoms with Gasteiger partial charge in [0.1, 0.15) is 0 Å². The highest BCUT2D eigenvalue weighted by Crippen LogP contribution is 2.52. The number of hydrogen-bond acceptors (Lipinski definition) is 2. The highest BCUT2D eigenvalue weighted by Gasteiger charge is 2.31. The van der Waals surface area contributed by atoms with Gasteiger partial charge in [-0.05, 0) is 181 Å². The van der Waals surface area contributed by atoms with Crippen LogP contribution < -0.4 is 9.80 Å². The summed E-state index contributed by atoms with van der Waals surface area (Å²) in [5.74, 6) is 0.493. The van der Waals surface area contributed by atoms with Crippen molar-refractivity contribution >= 4 is 66.3 Å². The molecule has 5 aliphatic rings. The largest absolute Gasteiger partial charge is 0.310 e. The number of rotatable bonds is 5. The van der Waals surface area contributed by atoms with E-state index in [1.54, 1.807) is 5.57 Å². The van der Waals surface area contributed by atoms with Crippen molar-refractivity contribution in [1.82, 2.24) is 0 Å². The third-order valence-electron chi connectivity index (χ3n) is 15.8. The quantitative estimate of drug-likeness (QED) is 0.159. The molecule has 70 heavy (non-hydrogen) atoms. The molecule has 3 aliphatic carbocycles. The molecule has 14 rings (SSSR count). The van der Waals surface area contributed by atoms with Crippen molar-refractivity contribution in [3.63, 3.8) is 0 Å². The van der Waals surface area contributed by atoms with Gasteiger partial charge in [-0.15, -0.1) is 0 Å². The number of anilines is 5. The summed E-state index contributed by atoms with van der Waals surface area (Å²) >= 11 is 0. The van der Waals surface area contributed by atoms with E-state index in [1.807, 2.05) is 0 Å². The Morgan fingerprint density at radius 3 is 1.76 bits per heavy atom. The van der Waals surface area contributed by atoms with Crippen LogP contribution in [0.1, 0.15) is 41.5 Å². The first-order valence-corrected chi connectivity index (χ1v) is 25.3. The number of allylic oxidation sites excluding steroid dienone is 11. The minimum absolute atomic E-state index is 0.208. The second-order valence-electron chi connectivity index (χ2n) is 19.7. The Hall–Kier alpha value is -8.20. The molecule has 0 aromatic heterocycles. The lowest BCUT2D eigenvalue weighted by Crippen LogP contribution is -2.18. The molecule has 2 heteroatoms. The molecule has 0 amide bonds. The molecule has 0 spiro atoms. The molecule has 334 valence electrons. The Kier molecular flexibility index (Phi) is 9.79. The molecule has 2 heterocycles. The number of fused-ring (bicyclic) bond motifs is 7. The van der Waals surface area contributed by atoms with Crippen molar-refractivity contribution < 1.29 is 0 Å². The minimum Gasteiger partial charge on any atom is -0.310 e. The molecule has 0 fully saturated rings. The Morgan fingerprint density at radius 2 is 1.00 bits per heavy atom. The Balaban J connectivity index is 1.11. The van der Waals surface area contributed by atoms with Crippen LogP contribution in [0.25, 0.3) is 60.1 Å². The number of hydrogen-bond donors (Lipinski definition) is 0. The van der Waals surface area contributed by atoms with E-state index in [9.17, 15) is 0 Å². The standard InChI is InChI=1S/C68H52N2/c1-2-22-51-42-52(37-32-45(51)16-1)56-25-9-10-26-57(56)67-59-40-38-54(70-65-30-13-6-20-49(65)35-36-50-21-7-14-31-66(50)70)44-62(59)68(58-27-15-23-46-17-3-8-24-55(46)58)60-41-39-53(43-61(60)67)69-63-28-11-4-18-47(63)33-34-48-19-5-12-29-64(48)69/h1-6,8-20,22-32,37-44,46,55H,7,21,33-36H2. The topological polar surface area (TPSA) is 6.48 Å². The lowest BCUT2D eigenvalue weighted by molar-refractivity contribution is 0.679. The SMILES string of the molecule is C1=CC2C=CC=C(c3c4cc(N5C6=C(CCC=C6)CCc6ccccc65)ccc4c(-c4ccccc4-c4ccc5ccccc5c4)c4cc(N5c6ccccc6CCc6ccccc65)ccc34)C2C=C1. The lowest BCUT2D eigenvalue weighted by atomic mass is 9.74. The molecule has 2 unspecified atom stereocenters. The third-order valence-corrected chi connectivity index (χ3v) is 15.8. The van der Waals surface area contributed by atoms with Crippen molar-refractivity contribution in [2.45, 2.75) is 38.5 Å². The van der Waals surface area contributed by atoms with Crippen LogP contribution in [0.5, 0.6) is 0 Å².